The van der Waals surface area contributed by atoms with Crippen molar-refractivity contribution in [3.05, 3.63) is 12.7 Å². The Morgan fingerprint density at radius 2 is 1.71 bits per heavy atom. The van der Waals surface area contributed by atoms with E-state index in [0.717, 1.165) is 12.8 Å². The SMILES string of the molecule is C=CC(CC#CC1CCCC1)(C(=O)OCC)C(=O)OCC. The Morgan fingerprint density at radius 1 is 1.19 bits per heavy atom. The van der Waals surface area contributed by atoms with Crippen LogP contribution in [0.4, 0.5) is 0 Å². The fourth-order valence-corrected chi connectivity index (χ4v) is 2.39. The second-order valence-corrected chi connectivity index (χ2v) is 5.10. The highest BCUT2D eigenvalue weighted by molar-refractivity contribution is 6.02. The first-order chi connectivity index (χ1) is 10.1. The topological polar surface area (TPSA) is 52.6 Å². The van der Waals surface area contributed by atoms with E-state index in [9.17, 15) is 9.59 Å². The maximum Gasteiger partial charge on any atom is 0.328 e. The molecule has 0 bridgehead atoms. The van der Waals surface area contributed by atoms with Gasteiger partial charge < -0.3 is 9.47 Å². The largest absolute Gasteiger partial charge is 0.465 e. The van der Waals surface area contributed by atoms with Gasteiger partial charge in [-0.1, -0.05) is 24.8 Å². The molecule has 1 rings (SSSR count). The fourth-order valence-electron chi connectivity index (χ4n) is 2.39. The van der Waals surface area contributed by atoms with Gasteiger partial charge in [-0.3, -0.25) is 9.59 Å². The zero-order chi connectivity index (χ0) is 15.7. The molecule has 0 atom stereocenters. The Morgan fingerprint density at radius 3 is 2.14 bits per heavy atom. The number of hydrogen-bond acceptors (Lipinski definition) is 4. The molecule has 0 heterocycles. The van der Waals surface area contributed by atoms with Crippen LogP contribution in [-0.2, 0) is 19.1 Å². The molecule has 0 aliphatic heterocycles. The molecule has 0 aromatic carbocycles. The van der Waals surface area contributed by atoms with E-state index >= 15 is 0 Å². The van der Waals surface area contributed by atoms with Crippen LogP contribution in [0, 0.1) is 23.2 Å². The molecular weight excluding hydrogens is 268 g/mol. The van der Waals surface area contributed by atoms with Crippen LogP contribution >= 0.6 is 0 Å². The third-order valence-electron chi connectivity index (χ3n) is 3.66. The summed E-state index contributed by atoms with van der Waals surface area (Å²) in [7, 11) is 0. The normalized spacial score (nSPS) is 15.0. The Labute approximate surface area is 126 Å². The van der Waals surface area contributed by atoms with E-state index in [1.54, 1.807) is 13.8 Å². The number of ether oxygens (including phenoxy) is 2. The minimum atomic E-state index is -1.52. The van der Waals surface area contributed by atoms with Crippen molar-refractivity contribution in [2.24, 2.45) is 11.3 Å². The van der Waals surface area contributed by atoms with Crippen LogP contribution < -0.4 is 0 Å². The molecule has 4 heteroatoms. The molecule has 1 aliphatic rings. The van der Waals surface area contributed by atoms with Gasteiger partial charge in [0.2, 0.25) is 0 Å². The van der Waals surface area contributed by atoms with Crippen molar-refractivity contribution in [3.8, 4) is 11.8 Å². The van der Waals surface area contributed by atoms with Crippen LogP contribution in [0.5, 0.6) is 0 Å². The van der Waals surface area contributed by atoms with Crippen molar-refractivity contribution in [3.63, 3.8) is 0 Å². The van der Waals surface area contributed by atoms with Crippen LogP contribution in [0.3, 0.4) is 0 Å². The molecule has 21 heavy (non-hydrogen) atoms. The third kappa shape index (κ3) is 4.35. The maximum atomic E-state index is 12.2. The number of hydrogen-bond donors (Lipinski definition) is 0. The van der Waals surface area contributed by atoms with Gasteiger partial charge in [0.1, 0.15) is 0 Å². The lowest BCUT2D eigenvalue weighted by Gasteiger charge is -2.23. The molecule has 1 fully saturated rings. The van der Waals surface area contributed by atoms with E-state index in [1.165, 1.54) is 18.9 Å². The smallest absolute Gasteiger partial charge is 0.328 e. The Kier molecular flexibility index (Phi) is 7.01. The second-order valence-electron chi connectivity index (χ2n) is 5.10. The van der Waals surface area contributed by atoms with Crippen molar-refractivity contribution in [2.45, 2.75) is 46.0 Å². The standard InChI is InChI=1S/C17H24O4/c1-4-17(15(18)20-5-2,16(19)21-6-3)13-9-12-14-10-7-8-11-14/h4,14H,1,5-8,10-11,13H2,2-3H3. The summed E-state index contributed by atoms with van der Waals surface area (Å²) in [5, 5.41) is 0. The lowest BCUT2D eigenvalue weighted by molar-refractivity contribution is -0.167. The number of rotatable bonds is 6. The highest BCUT2D eigenvalue weighted by Gasteiger charge is 2.45. The average molecular weight is 292 g/mol. The molecular formula is C17H24O4. The maximum absolute atomic E-state index is 12.2. The summed E-state index contributed by atoms with van der Waals surface area (Å²) in [6.45, 7) is 7.41. The first kappa shape index (κ1) is 17.3. The molecule has 0 radical (unpaired) electrons. The van der Waals surface area contributed by atoms with E-state index in [2.05, 4.69) is 18.4 Å². The van der Waals surface area contributed by atoms with Gasteiger partial charge in [-0.15, -0.1) is 12.5 Å². The molecule has 0 amide bonds. The number of carbonyl (C=O) groups is 2. The van der Waals surface area contributed by atoms with Gasteiger partial charge in [0.15, 0.2) is 5.41 Å². The van der Waals surface area contributed by atoms with Gasteiger partial charge in [0.25, 0.3) is 0 Å². The molecule has 0 aromatic rings. The zero-order valence-electron chi connectivity index (χ0n) is 12.9. The summed E-state index contributed by atoms with van der Waals surface area (Å²) in [4.78, 5) is 24.4. The van der Waals surface area contributed by atoms with Crippen molar-refractivity contribution in [1.29, 1.82) is 0 Å². The van der Waals surface area contributed by atoms with Crippen LogP contribution in [0.25, 0.3) is 0 Å². The summed E-state index contributed by atoms with van der Waals surface area (Å²) in [6.07, 6.45) is 5.93. The molecule has 1 saturated carbocycles. The second kappa shape index (κ2) is 8.51. The van der Waals surface area contributed by atoms with Crippen LogP contribution in [0.2, 0.25) is 0 Å². The molecule has 0 aromatic heterocycles. The van der Waals surface area contributed by atoms with E-state index in [0.29, 0.717) is 5.92 Å². The van der Waals surface area contributed by atoms with Gasteiger partial charge in [0.05, 0.1) is 13.2 Å². The lowest BCUT2D eigenvalue weighted by Crippen LogP contribution is -2.40. The van der Waals surface area contributed by atoms with Gasteiger partial charge in [-0.2, -0.15) is 0 Å². The molecule has 4 nitrogen and oxygen atoms in total. The number of esters is 2. The quantitative estimate of drug-likeness (QED) is 0.327. The molecule has 0 saturated heterocycles. The molecule has 0 spiro atoms. The molecule has 0 unspecified atom stereocenters. The predicted octanol–water partition coefficient (Wildman–Crippen LogP) is 2.87. The minimum Gasteiger partial charge on any atom is -0.465 e. The van der Waals surface area contributed by atoms with E-state index < -0.39 is 17.4 Å². The van der Waals surface area contributed by atoms with E-state index in [4.69, 9.17) is 9.47 Å². The summed E-state index contributed by atoms with van der Waals surface area (Å²) < 4.78 is 10.0. The highest BCUT2D eigenvalue weighted by atomic mass is 16.6. The van der Waals surface area contributed by atoms with Gasteiger partial charge in [-0.25, -0.2) is 0 Å². The highest BCUT2D eigenvalue weighted by Crippen LogP contribution is 2.28. The summed E-state index contributed by atoms with van der Waals surface area (Å²) in [5.74, 6) is 5.22. The van der Waals surface area contributed by atoms with Gasteiger partial charge >= 0.3 is 11.9 Å². The monoisotopic (exact) mass is 292 g/mol. The van der Waals surface area contributed by atoms with Crippen LogP contribution in [-0.4, -0.2) is 25.2 Å². The molecule has 0 N–H and O–H groups in total. The van der Waals surface area contributed by atoms with Crippen molar-refractivity contribution >= 4 is 11.9 Å². The first-order valence-corrected chi connectivity index (χ1v) is 7.57. The van der Waals surface area contributed by atoms with Crippen molar-refractivity contribution < 1.29 is 19.1 Å². The Balaban J connectivity index is 2.90. The lowest BCUT2D eigenvalue weighted by atomic mass is 9.84. The molecule has 1 aliphatic carbocycles. The van der Waals surface area contributed by atoms with Gasteiger partial charge in [0, 0.05) is 12.3 Å². The number of carbonyl (C=O) groups excluding carboxylic acids is 2. The third-order valence-corrected chi connectivity index (χ3v) is 3.66. The van der Waals surface area contributed by atoms with E-state index in [-0.39, 0.29) is 19.6 Å². The Bertz CT molecular complexity index is 417. The van der Waals surface area contributed by atoms with Crippen molar-refractivity contribution in [1.82, 2.24) is 0 Å². The summed E-state index contributed by atoms with van der Waals surface area (Å²) in [5.41, 5.74) is -1.52. The predicted molar refractivity (Wildman–Crippen MR) is 80.2 cm³/mol. The zero-order valence-corrected chi connectivity index (χ0v) is 12.9. The molecule has 116 valence electrons. The van der Waals surface area contributed by atoms with Crippen LogP contribution in [0.1, 0.15) is 46.0 Å². The first-order valence-electron chi connectivity index (χ1n) is 7.57. The summed E-state index contributed by atoms with van der Waals surface area (Å²) in [6, 6.07) is 0. The average Bonchev–Trinajstić information content (AvgIpc) is 2.97. The van der Waals surface area contributed by atoms with Gasteiger partial charge in [-0.05, 0) is 26.7 Å². The summed E-state index contributed by atoms with van der Waals surface area (Å²) >= 11 is 0. The van der Waals surface area contributed by atoms with Crippen LogP contribution in [0.15, 0.2) is 12.7 Å². The van der Waals surface area contributed by atoms with E-state index in [1.807, 2.05) is 0 Å². The fraction of sp³-hybridized carbons (Fsp3) is 0.647. The Hall–Kier alpha value is -1.76. The minimum absolute atomic E-state index is 0.0602. The van der Waals surface area contributed by atoms with Crippen molar-refractivity contribution in [2.75, 3.05) is 13.2 Å².